The van der Waals surface area contributed by atoms with E-state index in [4.69, 9.17) is 14.8 Å². The lowest BCUT2D eigenvalue weighted by Crippen LogP contribution is -2.30. The lowest BCUT2D eigenvalue weighted by atomic mass is 10.3. The Morgan fingerprint density at radius 1 is 0.947 bits per heavy atom. The number of nitrogens with zero attached hydrogens (tertiary/aromatic N) is 1. The molecule has 0 spiro atoms. The lowest BCUT2D eigenvalue weighted by Gasteiger charge is -2.19. The molecule has 0 radical (unpaired) electrons. The predicted octanol–water partition coefficient (Wildman–Crippen LogP) is 1.09. The van der Waals surface area contributed by atoms with E-state index in [1.807, 2.05) is 0 Å². The molecule has 0 aliphatic rings. The summed E-state index contributed by atoms with van der Waals surface area (Å²) < 4.78 is 27.9. The van der Waals surface area contributed by atoms with E-state index in [1.165, 1.54) is 38.9 Å². The summed E-state index contributed by atoms with van der Waals surface area (Å²) in [5, 5.41) is 16.7. The van der Waals surface area contributed by atoms with Gasteiger partial charge >= 0.3 is 0 Å². The number of aliphatic hydroxyl groups is 2. The van der Waals surface area contributed by atoms with Crippen molar-refractivity contribution in [2.75, 3.05) is 19.6 Å². The monoisotopic (exact) mass is 299 g/mol. The van der Waals surface area contributed by atoms with Gasteiger partial charge in [-0.3, -0.25) is 4.55 Å². The van der Waals surface area contributed by atoms with Crippen LogP contribution in [0.25, 0.3) is 0 Å². The van der Waals surface area contributed by atoms with Gasteiger partial charge in [0.05, 0.1) is 6.10 Å². The van der Waals surface area contributed by atoms with Crippen LogP contribution < -0.4 is 0 Å². The molecule has 3 N–H and O–H groups in total. The van der Waals surface area contributed by atoms with Gasteiger partial charge in [0.15, 0.2) is 0 Å². The molecule has 2 unspecified atom stereocenters. The fraction of sp³-hybridized carbons (Fsp3) is 1.00. The highest BCUT2D eigenvalue weighted by molar-refractivity contribution is 7.86. The molecule has 0 fully saturated rings. The van der Waals surface area contributed by atoms with E-state index in [2.05, 4.69) is 25.7 Å². The Hall–Kier alpha value is -0.210. The molecule has 0 saturated heterocycles. The third-order valence-electron chi connectivity index (χ3n) is 2.34. The summed E-state index contributed by atoms with van der Waals surface area (Å²) in [6.07, 6.45) is 2.40. The molecule has 0 heterocycles. The smallest absolute Gasteiger partial charge is 0.294 e. The van der Waals surface area contributed by atoms with Gasteiger partial charge in [0.1, 0.15) is 0 Å². The number of rotatable bonds is 8. The third kappa shape index (κ3) is 12.6. The van der Waals surface area contributed by atoms with Crippen molar-refractivity contribution in [1.29, 1.82) is 0 Å². The maximum atomic E-state index is 9.92. The molecule has 0 aliphatic carbocycles. The second kappa shape index (κ2) is 11.6. The van der Waals surface area contributed by atoms with Crippen molar-refractivity contribution in [2.24, 2.45) is 0 Å². The summed E-state index contributed by atoms with van der Waals surface area (Å²) >= 11 is 0. The lowest BCUT2D eigenvalue weighted by molar-refractivity contribution is 0.0755. The van der Waals surface area contributed by atoms with Crippen LogP contribution in [0.4, 0.5) is 0 Å². The van der Waals surface area contributed by atoms with Crippen LogP contribution in [0.1, 0.15) is 47.0 Å². The molecule has 118 valence electrons. The molecule has 0 aliphatic heterocycles. The first-order valence-corrected chi connectivity index (χ1v) is 8.25. The SMILES string of the molecule is CC(O)C(O)S(=O)(=O)O.CCCN(CCC)CCC. The summed E-state index contributed by atoms with van der Waals surface area (Å²) in [5.41, 5.74) is -2.10. The Kier molecular flexibility index (Phi) is 12.9. The fourth-order valence-corrected chi connectivity index (χ4v) is 2.03. The van der Waals surface area contributed by atoms with Crippen molar-refractivity contribution in [2.45, 2.75) is 58.5 Å². The van der Waals surface area contributed by atoms with Gasteiger partial charge in [0, 0.05) is 0 Å². The Balaban J connectivity index is 0. The van der Waals surface area contributed by atoms with E-state index in [0.29, 0.717) is 0 Å². The maximum absolute atomic E-state index is 9.92. The van der Waals surface area contributed by atoms with Crippen LogP contribution >= 0.6 is 0 Å². The fourth-order valence-electron chi connectivity index (χ4n) is 1.53. The molecule has 0 amide bonds. The van der Waals surface area contributed by atoms with E-state index >= 15 is 0 Å². The van der Waals surface area contributed by atoms with E-state index in [-0.39, 0.29) is 0 Å². The molecule has 6 nitrogen and oxygen atoms in total. The quantitative estimate of drug-likeness (QED) is 0.580. The van der Waals surface area contributed by atoms with E-state index in [9.17, 15) is 8.42 Å². The molecule has 0 aromatic carbocycles. The van der Waals surface area contributed by atoms with E-state index < -0.39 is 21.7 Å². The van der Waals surface area contributed by atoms with Crippen molar-refractivity contribution in [3.63, 3.8) is 0 Å². The van der Waals surface area contributed by atoms with Crippen LogP contribution in [-0.2, 0) is 10.1 Å². The molecule has 7 heteroatoms. The first kappa shape index (κ1) is 21.1. The summed E-state index contributed by atoms with van der Waals surface area (Å²) in [4.78, 5) is 2.54. The van der Waals surface area contributed by atoms with Gasteiger partial charge in [-0.05, 0) is 45.8 Å². The van der Waals surface area contributed by atoms with Crippen molar-refractivity contribution in [3.8, 4) is 0 Å². The third-order valence-corrected chi connectivity index (χ3v) is 3.34. The second-order valence-corrected chi connectivity index (χ2v) is 6.00. The van der Waals surface area contributed by atoms with Crippen LogP contribution in [0.5, 0.6) is 0 Å². The molecule has 0 aromatic heterocycles. The normalized spacial score (nSPS) is 14.7. The van der Waals surface area contributed by atoms with E-state index in [0.717, 1.165) is 6.92 Å². The first-order chi connectivity index (χ1) is 8.70. The summed E-state index contributed by atoms with van der Waals surface area (Å²) in [7, 11) is -4.50. The highest BCUT2D eigenvalue weighted by atomic mass is 32.2. The highest BCUT2D eigenvalue weighted by Crippen LogP contribution is 1.98. The topological polar surface area (TPSA) is 98.1 Å². The summed E-state index contributed by atoms with van der Waals surface area (Å²) in [6, 6.07) is 0. The van der Waals surface area contributed by atoms with Crippen LogP contribution in [0.2, 0.25) is 0 Å². The molecule has 0 bridgehead atoms. The van der Waals surface area contributed by atoms with Crippen LogP contribution in [-0.4, -0.2) is 59.3 Å². The maximum Gasteiger partial charge on any atom is 0.294 e. The van der Waals surface area contributed by atoms with Gasteiger partial charge in [0.25, 0.3) is 10.1 Å². The van der Waals surface area contributed by atoms with Crippen molar-refractivity contribution >= 4 is 10.1 Å². The Morgan fingerprint density at radius 3 is 1.37 bits per heavy atom. The Bertz CT molecular complexity index is 278. The molecule has 0 saturated carbocycles. The minimum Gasteiger partial charge on any atom is -0.390 e. The van der Waals surface area contributed by atoms with Crippen molar-refractivity contribution < 1.29 is 23.2 Å². The van der Waals surface area contributed by atoms with Gasteiger partial charge in [-0.15, -0.1) is 0 Å². The number of aliphatic hydroxyl groups excluding tert-OH is 2. The zero-order valence-electron chi connectivity index (χ0n) is 12.4. The Morgan fingerprint density at radius 2 is 1.26 bits per heavy atom. The molecular formula is C12H29NO5S. The molecule has 2 atom stereocenters. The Labute approximate surface area is 117 Å². The van der Waals surface area contributed by atoms with Crippen LogP contribution in [0.3, 0.4) is 0 Å². The number of hydrogen-bond acceptors (Lipinski definition) is 5. The molecule has 0 rings (SSSR count). The van der Waals surface area contributed by atoms with E-state index in [1.54, 1.807) is 0 Å². The second-order valence-electron chi connectivity index (χ2n) is 4.49. The van der Waals surface area contributed by atoms with Gasteiger partial charge < -0.3 is 15.1 Å². The van der Waals surface area contributed by atoms with Gasteiger partial charge in [-0.25, -0.2) is 0 Å². The average Bonchev–Trinajstić information content (AvgIpc) is 2.28. The number of hydrogen-bond donors (Lipinski definition) is 3. The zero-order chi connectivity index (χ0) is 15.5. The standard InChI is InChI=1S/C9H21N.C3H8O5S/c1-4-7-10(8-5-2)9-6-3;1-2(4)3(5)9(6,7)8/h4-9H2,1-3H3;2-5H,1H3,(H,6,7,8). The van der Waals surface area contributed by atoms with Gasteiger partial charge in [-0.1, -0.05) is 20.8 Å². The minimum atomic E-state index is -4.50. The van der Waals surface area contributed by atoms with Crippen molar-refractivity contribution in [3.05, 3.63) is 0 Å². The molecule has 19 heavy (non-hydrogen) atoms. The summed E-state index contributed by atoms with van der Waals surface area (Å²) in [6.45, 7) is 11.6. The average molecular weight is 299 g/mol. The first-order valence-electron chi connectivity index (χ1n) is 6.75. The summed E-state index contributed by atoms with van der Waals surface area (Å²) in [5.74, 6) is 0. The zero-order valence-corrected chi connectivity index (χ0v) is 13.2. The largest absolute Gasteiger partial charge is 0.390 e. The van der Waals surface area contributed by atoms with Crippen molar-refractivity contribution in [1.82, 2.24) is 4.90 Å². The van der Waals surface area contributed by atoms with Gasteiger partial charge in [-0.2, -0.15) is 8.42 Å². The van der Waals surface area contributed by atoms with Crippen LogP contribution in [0, 0.1) is 0 Å². The van der Waals surface area contributed by atoms with Gasteiger partial charge in [0.2, 0.25) is 5.44 Å². The minimum absolute atomic E-state index is 1.05. The molecule has 0 aromatic rings. The highest BCUT2D eigenvalue weighted by Gasteiger charge is 2.24. The molecular weight excluding hydrogens is 270 g/mol. The predicted molar refractivity (Wildman–Crippen MR) is 76.5 cm³/mol. The van der Waals surface area contributed by atoms with Crippen LogP contribution in [0.15, 0.2) is 0 Å².